The fourth-order valence-corrected chi connectivity index (χ4v) is 1.11. The third-order valence-corrected chi connectivity index (χ3v) is 1.77. The van der Waals surface area contributed by atoms with Crippen molar-refractivity contribution in [2.24, 2.45) is 0 Å². The molecule has 0 radical (unpaired) electrons. The summed E-state index contributed by atoms with van der Waals surface area (Å²) in [6.07, 6.45) is 0. The molecular formula is C10H12N2O. The minimum atomic E-state index is 0.267. The van der Waals surface area contributed by atoms with Crippen molar-refractivity contribution >= 4 is 0 Å². The Hall–Kier alpha value is -1.56. The lowest BCUT2D eigenvalue weighted by Crippen LogP contribution is -1.99. The van der Waals surface area contributed by atoms with Gasteiger partial charge in [-0.25, -0.2) is 4.98 Å². The maximum atomic E-state index is 8.65. The Morgan fingerprint density at radius 1 is 1.46 bits per heavy atom. The van der Waals surface area contributed by atoms with Crippen molar-refractivity contribution in [1.29, 1.82) is 5.26 Å². The second kappa shape index (κ2) is 3.90. The normalized spacial score (nSPS) is 9.77. The summed E-state index contributed by atoms with van der Waals surface area (Å²) in [7, 11) is 1.61. The van der Waals surface area contributed by atoms with E-state index in [1.165, 1.54) is 0 Å². The van der Waals surface area contributed by atoms with Gasteiger partial charge >= 0.3 is 0 Å². The Morgan fingerprint density at radius 3 is 2.62 bits per heavy atom. The third-order valence-electron chi connectivity index (χ3n) is 1.77. The summed E-state index contributed by atoms with van der Waals surface area (Å²) < 4.78 is 5.13. The van der Waals surface area contributed by atoms with Gasteiger partial charge in [0.25, 0.3) is 0 Å². The van der Waals surface area contributed by atoms with Gasteiger partial charge in [-0.15, -0.1) is 0 Å². The van der Waals surface area contributed by atoms with E-state index in [4.69, 9.17) is 10.00 Å². The van der Waals surface area contributed by atoms with E-state index in [1.807, 2.05) is 19.9 Å². The van der Waals surface area contributed by atoms with Crippen LogP contribution in [-0.2, 0) is 0 Å². The number of aromatic nitrogens is 1. The maximum absolute atomic E-state index is 8.65. The van der Waals surface area contributed by atoms with Gasteiger partial charge in [0.1, 0.15) is 17.5 Å². The zero-order valence-corrected chi connectivity index (χ0v) is 8.03. The molecule has 3 heteroatoms. The van der Waals surface area contributed by atoms with Gasteiger partial charge in [0.2, 0.25) is 0 Å². The van der Waals surface area contributed by atoms with Crippen molar-refractivity contribution < 1.29 is 4.74 Å². The Morgan fingerprint density at radius 2 is 2.15 bits per heavy atom. The van der Waals surface area contributed by atoms with Gasteiger partial charge in [0.15, 0.2) is 0 Å². The van der Waals surface area contributed by atoms with Crippen molar-refractivity contribution in [3.05, 3.63) is 23.5 Å². The predicted octanol–water partition coefficient (Wildman–Crippen LogP) is 2.09. The van der Waals surface area contributed by atoms with Crippen LogP contribution in [0.1, 0.15) is 31.2 Å². The average molecular weight is 176 g/mol. The first kappa shape index (κ1) is 9.53. The van der Waals surface area contributed by atoms with Gasteiger partial charge in [-0.2, -0.15) is 5.26 Å². The lowest BCUT2D eigenvalue weighted by Gasteiger charge is -2.09. The maximum Gasteiger partial charge on any atom is 0.141 e. The summed E-state index contributed by atoms with van der Waals surface area (Å²) in [6.45, 7) is 4.04. The zero-order chi connectivity index (χ0) is 9.84. The molecule has 0 N–H and O–H groups in total. The van der Waals surface area contributed by atoms with Crippen LogP contribution in [0.5, 0.6) is 5.75 Å². The van der Waals surface area contributed by atoms with Crippen LogP contribution in [0.4, 0.5) is 0 Å². The van der Waals surface area contributed by atoms with Gasteiger partial charge in [-0.1, -0.05) is 13.8 Å². The monoisotopic (exact) mass is 176 g/mol. The largest absolute Gasteiger partial charge is 0.495 e. The molecule has 1 aromatic heterocycles. The summed E-state index contributed by atoms with van der Waals surface area (Å²) in [5.41, 5.74) is 1.27. The molecule has 0 saturated carbocycles. The number of rotatable bonds is 2. The highest BCUT2D eigenvalue weighted by molar-refractivity contribution is 5.35. The van der Waals surface area contributed by atoms with Gasteiger partial charge in [-0.05, 0) is 18.1 Å². The molecule has 0 aliphatic carbocycles. The highest BCUT2D eigenvalue weighted by Gasteiger charge is 2.09. The first-order valence-electron chi connectivity index (χ1n) is 4.14. The van der Waals surface area contributed by atoms with E-state index in [-0.39, 0.29) is 5.92 Å². The number of methoxy groups -OCH3 is 1. The van der Waals surface area contributed by atoms with Crippen LogP contribution in [0.15, 0.2) is 12.1 Å². The molecule has 1 aromatic rings. The van der Waals surface area contributed by atoms with Gasteiger partial charge in [0, 0.05) is 0 Å². The van der Waals surface area contributed by atoms with E-state index in [0.717, 1.165) is 11.4 Å². The molecule has 68 valence electrons. The van der Waals surface area contributed by atoms with Crippen LogP contribution in [0.3, 0.4) is 0 Å². The summed E-state index contributed by atoms with van der Waals surface area (Å²) in [6, 6.07) is 5.44. The highest BCUT2D eigenvalue weighted by atomic mass is 16.5. The number of nitriles is 1. The Balaban J connectivity index is 3.20. The van der Waals surface area contributed by atoms with Crippen LogP contribution in [0.2, 0.25) is 0 Å². The number of hydrogen-bond donors (Lipinski definition) is 0. The molecule has 0 atom stereocenters. The summed E-state index contributed by atoms with van der Waals surface area (Å²) in [4.78, 5) is 4.18. The van der Waals surface area contributed by atoms with E-state index in [0.29, 0.717) is 5.69 Å². The quantitative estimate of drug-likeness (QED) is 0.693. The second-order valence-corrected chi connectivity index (χ2v) is 3.05. The molecule has 0 fully saturated rings. The predicted molar refractivity (Wildman–Crippen MR) is 49.6 cm³/mol. The van der Waals surface area contributed by atoms with Gasteiger partial charge in [0.05, 0.1) is 12.8 Å². The average Bonchev–Trinajstić information content (AvgIpc) is 2.16. The first-order chi connectivity index (χ1) is 6.19. The van der Waals surface area contributed by atoms with Crippen molar-refractivity contribution in [2.75, 3.05) is 7.11 Å². The van der Waals surface area contributed by atoms with E-state index in [1.54, 1.807) is 19.2 Å². The molecule has 0 bridgehead atoms. The standard InChI is InChI=1S/C10H12N2O/c1-7(2)10-9(13-3)5-4-8(6-11)12-10/h4-5,7H,1-3H3. The highest BCUT2D eigenvalue weighted by Crippen LogP contribution is 2.23. The van der Waals surface area contributed by atoms with Gasteiger partial charge < -0.3 is 4.74 Å². The molecule has 0 aromatic carbocycles. The number of nitrogens with zero attached hydrogens (tertiary/aromatic N) is 2. The minimum Gasteiger partial charge on any atom is -0.495 e. The molecular weight excluding hydrogens is 164 g/mol. The van der Waals surface area contributed by atoms with E-state index < -0.39 is 0 Å². The second-order valence-electron chi connectivity index (χ2n) is 3.05. The van der Waals surface area contributed by atoms with Crippen LogP contribution in [0, 0.1) is 11.3 Å². The van der Waals surface area contributed by atoms with Crippen LogP contribution < -0.4 is 4.74 Å². The topological polar surface area (TPSA) is 45.9 Å². The van der Waals surface area contributed by atoms with Gasteiger partial charge in [-0.3, -0.25) is 0 Å². The zero-order valence-electron chi connectivity index (χ0n) is 8.03. The summed E-state index contributed by atoms with van der Waals surface area (Å²) >= 11 is 0. The van der Waals surface area contributed by atoms with Crippen LogP contribution >= 0.6 is 0 Å². The smallest absolute Gasteiger partial charge is 0.141 e. The molecule has 1 rings (SSSR count). The molecule has 1 heterocycles. The molecule has 0 spiro atoms. The van der Waals surface area contributed by atoms with Crippen molar-refractivity contribution in [2.45, 2.75) is 19.8 Å². The Kier molecular flexibility index (Phi) is 2.86. The lowest BCUT2D eigenvalue weighted by molar-refractivity contribution is 0.404. The van der Waals surface area contributed by atoms with E-state index >= 15 is 0 Å². The molecule has 0 amide bonds. The Bertz CT molecular complexity index is 339. The van der Waals surface area contributed by atoms with Crippen molar-refractivity contribution in [3.8, 4) is 11.8 Å². The van der Waals surface area contributed by atoms with Crippen LogP contribution in [-0.4, -0.2) is 12.1 Å². The van der Waals surface area contributed by atoms with E-state index in [9.17, 15) is 0 Å². The number of pyridine rings is 1. The number of hydrogen-bond acceptors (Lipinski definition) is 3. The van der Waals surface area contributed by atoms with Crippen molar-refractivity contribution in [3.63, 3.8) is 0 Å². The lowest BCUT2D eigenvalue weighted by atomic mass is 10.1. The number of ether oxygens (including phenoxy) is 1. The molecule has 0 saturated heterocycles. The molecule has 0 aliphatic rings. The summed E-state index contributed by atoms with van der Waals surface area (Å²) in [5.74, 6) is 1.01. The third kappa shape index (κ3) is 1.97. The SMILES string of the molecule is COc1ccc(C#N)nc1C(C)C. The van der Waals surface area contributed by atoms with Crippen LogP contribution in [0.25, 0.3) is 0 Å². The first-order valence-corrected chi connectivity index (χ1v) is 4.14. The Labute approximate surface area is 78.0 Å². The fraction of sp³-hybridized carbons (Fsp3) is 0.400. The fourth-order valence-electron chi connectivity index (χ4n) is 1.11. The molecule has 3 nitrogen and oxygen atoms in total. The molecule has 13 heavy (non-hydrogen) atoms. The summed E-state index contributed by atoms with van der Waals surface area (Å²) in [5, 5.41) is 8.65. The molecule has 0 unspecified atom stereocenters. The van der Waals surface area contributed by atoms with Crippen molar-refractivity contribution in [1.82, 2.24) is 4.98 Å². The minimum absolute atomic E-state index is 0.267. The van der Waals surface area contributed by atoms with E-state index in [2.05, 4.69) is 4.98 Å². The molecule has 0 aliphatic heterocycles.